The first-order valence-electron chi connectivity index (χ1n) is 20.0. The summed E-state index contributed by atoms with van der Waals surface area (Å²) in [4.78, 5) is 52.4. The third-order valence-corrected chi connectivity index (χ3v) is 11.9. The van der Waals surface area contributed by atoms with Gasteiger partial charge in [0, 0.05) is 58.8 Å². The molecule has 386 valence electrons. The molecule has 0 aliphatic carbocycles. The fraction of sp³-hybridized carbons (Fsp3) is 0.381. The molecule has 15 nitrogen and oxygen atoms in total. The molecule has 0 radical (unpaired) electrons. The van der Waals surface area contributed by atoms with Crippen LogP contribution in [-0.4, -0.2) is 77.6 Å². The lowest BCUT2D eigenvalue weighted by atomic mass is 9.77. The summed E-state index contributed by atoms with van der Waals surface area (Å²) >= 11 is 0. The minimum atomic E-state index is -5.08. The van der Waals surface area contributed by atoms with Crippen LogP contribution in [0.15, 0.2) is 60.9 Å². The van der Waals surface area contributed by atoms with Gasteiger partial charge in [-0.25, -0.2) is 8.78 Å². The standard InChI is InChI=1S/C21H18F7N3O5.C21H18F7N3O4/c1-8-13(10-3-4-11(22)14(23)15(10)35-19(24)25)16(36-20(8,2)21(26,27)28)18(33)30-9-5-6-31(34)12(7-9)17(29)32;1-8-13(10-3-4-11(22)14(23)15(10)34-19(24)25)16(35-20(8,2)21(26,27)28)18(33)31-9-5-6-30-12(7-9)17(29)32/h3-8,13,16,19H,1-2H3,(H2,29,32)(H,30,33);3-8,13,16,19H,1-2H3,(H2,29,32)(H,30,31,33)/t2*8-,13-,16-,20+/m10/s1. The lowest BCUT2D eigenvalue weighted by Gasteiger charge is -2.32. The smallest absolute Gasteiger partial charge is 0.417 e. The van der Waals surface area contributed by atoms with Crippen molar-refractivity contribution >= 4 is 35.0 Å². The van der Waals surface area contributed by atoms with Gasteiger partial charge < -0.3 is 46.3 Å². The Kier molecular flexibility index (Phi) is 15.7. The highest BCUT2D eigenvalue weighted by Gasteiger charge is 2.67. The maximum absolute atomic E-state index is 14.4. The van der Waals surface area contributed by atoms with Crippen molar-refractivity contribution in [2.24, 2.45) is 23.3 Å². The van der Waals surface area contributed by atoms with Crippen LogP contribution in [0.4, 0.5) is 72.8 Å². The molecule has 2 aromatic heterocycles. The van der Waals surface area contributed by atoms with Gasteiger partial charge in [-0.3, -0.25) is 24.2 Å². The van der Waals surface area contributed by atoms with Gasteiger partial charge in [-0.2, -0.15) is 57.4 Å². The van der Waals surface area contributed by atoms with E-state index in [4.69, 9.17) is 20.9 Å². The molecule has 0 bridgehead atoms. The van der Waals surface area contributed by atoms with Crippen LogP contribution >= 0.6 is 0 Å². The van der Waals surface area contributed by atoms with Crippen molar-refractivity contribution in [2.45, 2.75) is 88.5 Å². The normalized spacial score (nSPS) is 24.3. The molecule has 4 amide bonds. The summed E-state index contributed by atoms with van der Waals surface area (Å²) in [6.07, 6.45) is -12.4. The monoisotopic (exact) mass is 1030 g/mol. The topological polar surface area (TPSA) is 221 Å². The highest BCUT2D eigenvalue weighted by atomic mass is 19.4. The van der Waals surface area contributed by atoms with Crippen molar-refractivity contribution in [1.82, 2.24) is 4.98 Å². The first-order chi connectivity index (χ1) is 32.7. The van der Waals surface area contributed by atoms with Crippen LogP contribution in [0.25, 0.3) is 0 Å². The number of pyridine rings is 2. The van der Waals surface area contributed by atoms with E-state index in [0.717, 1.165) is 56.6 Å². The van der Waals surface area contributed by atoms with Crippen molar-refractivity contribution in [1.29, 1.82) is 0 Å². The Morgan fingerprint density at radius 3 is 1.46 bits per heavy atom. The number of benzene rings is 2. The molecule has 2 fully saturated rings. The van der Waals surface area contributed by atoms with Crippen LogP contribution in [0, 0.1) is 40.3 Å². The van der Waals surface area contributed by atoms with Gasteiger partial charge in [0.1, 0.15) is 17.9 Å². The van der Waals surface area contributed by atoms with Crippen molar-refractivity contribution in [2.75, 3.05) is 10.6 Å². The van der Waals surface area contributed by atoms with Crippen molar-refractivity contribution in [3.05, 3.63) is 112 Å². The molecule has 4 aromatic rings. The minimum absolute atomic E-state index is 0.0743. The van der Waals surface area contributed by atoms with E-state index in [0.29, 0.717) is 26.0 Å². The van der Waals surface area contributed by atoms with Gasteiger partial charge in [-0.1, -0.05) is 26.0 Å². The second kappa shape index (κ2) is 20.4. The molecule has 2 aromatic carbocycles. The number of nitrogens with one attached hydrogen (secondary N) is 2. The zero-order valence-corrected chi connectivity index (χ0v) is 36.4. The van der Waals surface area contributed by atoms with E-state index < -0.39 is 148 Å². The van der Waals surface area contributed by atoms with Crippen LogP contribution in [0.3, 0.4) is 0 Å². The van der Waals surface area contributed by atoms with E-state index in [1.807, 2.05) is 0 Å². The average molecular weight is 1030 g/mol. The van der Waals surface area contributed by atoms with Crippen molar-refractivity contribution in [3.8, 4) is 11.5 Å². The number of aromatic nitrogens is 2. The highest BCUT2D eigenvalue weighted by molar-refractivity contribution is 5.98. The van der Waals surface area contributed by atoms with E-state index in [2.05, 4.69) is 25.1 Å². The summed E-state index contributed by atoms with van der Waals surface area (Å²) in [5.74, 6) is -21.1. The summed E-state index contributed by atoms with van der Waals surface area (Å²) in [6, 6.07) is 6.54. The summed E-state index contributed by atoms with van der Waals surface area (Å²) in [6.45, 7) is -4.05. The van der Waals surface area contributed by atoms with Gasteiger partial charge >= 0.3 is 31.5 Å². The number of hydrogen-bond acceptors (Lipinski definition) is 10. The third-order valence-electron chi connectivity index (χ3n) is 11.9. The number of alkyl halides is 10. The fourth-order valence-electron chi connectivity index (χ4n) is 7.90. The molecule has 4 heterocycles. The predicted molar refractivity (Wildman–Crippen MR) is 212 cm³/mol. The Hall–Kier alpha value is -7.04. The molecule has 0 saturated carbocycles. The van der Waals surface area contributed by atoms with Gasteiger partial charge in [-0.05, 0) is 38.1 Å². The molecule has 2 aliphatic heterocycles. The number of primary amides is 2. The number of hydrogen-bond donors (Lipinski definition) is 4. The quantitative estimate of drug-likeness (QED) is 0.0621. The van der Waals surface area contributed by atoms with E-state index in [1.165, 1.54) is 6.07 Å². The van der Waals surface area contributed by atoms with E-state index in [-0.39, 0.29) is 21.8 Å². The Balaban J connectivity index is 0.000000264. The number of nitrogens with zero attached hydrogens (tertiary/aromatic N) is 2. The van der Waals surface area contributed by atoms with Crippen LogP contribution in [0.2, 0.25) is 0 Å². The zero-order chi connectivity index (χ0) is 53.5. The lowest BCUT2D eigenvalue weighted by Crippen LogP contribution is -2.47. The van der Waals surface area contributed by atoms with Crippen LogP contribution < -0.4 is 36.3 Å². The molecule has 2 saturated heterocycles. The zero-order valence-electron chi connectivity index (χ0n) is 36.4. The van der Waals surface area contributed by atoms with Crippen LogP contribution in [-0.2, 0) is 19.1 Å². The van der Waals surface area contributed by atoms with Crippen LogP contribution in [0.1, 0.15) is 71.6 Å². The Morgan fingerprint density at radius 1 is 0.690 bits per heavy atom. The maximum atomic E-state index is 14.4. The molecular formula is C42H36F14N6O9. The second-order valence-electron chi connectivity index (χ2n) is 16.0. The number of carbonyl (C=O) groups is 4. The number of amides is 4. The van der Waals surface area contributed by atoms with Crippen LogP contribution in [0.5, 0.6) is 11.5 Å². The first kappa shape index (κ1) is 54.9. The molecule has 6 N–H and O–H groups in total. The van der Waals surface area contributed by atoms with Gasteiger partial charge in [0.05, 0.1) is 5.69 Å². The van der Waals surface area contributed by atoms with E-state index >= 15 is 0 Å². The number of ether oxygens (including phenoxy) is 4. The lowest BCUT2D eigenvalue weighted by molar-refractivity contribution is -0.607. The number of nitrogens with two attached hydrogens (primary N) is 2. The summed E-state index contributed by atoms with van der Waals surface area (Å²) in [5.41, 5.74) is 1.64. The highest BCUT2D eigenvalue weighted by Crippen LogP contribution is 2.57. The molecule has 8 atom stereocenters. The average Bonchev–Trinajstić information content (AvgIpc) is 3.71. The SMILES string of the molecule is C[C@@H]1[C@H](c2ccc(F)c(F)c2OC(F)F)[C@H](C(=O)Nc2cc[n+]([O-])c(C(N)=O)c2)O[C@]1(C)C(F)(F)F.C[C@H]1[C@@H](c2ccc(F)c(F)c2OC(F)F)[C@@H](C(=O)Nc2ccnc(C(N)=O)c2)O[C@@]1(C)C(F)(F)F. The second-order valence-corrected chi connectivity index (χ2v) is 16.0. The molecule has 29 heteroatoms. The number of halogens is 14. The number of rotatable bonds is 12. The predicted octanol–water partition coefficient (Wildman–Crippen LogP) is 7.52. The van der Waals surface area contributed by atoms with Crippen molar-refractivity contribution in [3.63, 3.8) is 0 Å². The maximum Gasteiger partial charge on any atom is 0.417 e. The summed E-state index contributed by atoms with van der Waals surface area (Å²) < 4.78 is 210. The Bertz CT molecular complexity index is 2700. The van der Waals surface area contributed by atoms with Gasteiger partial charge in [0.2, 0.25) is 11.6 Å². The third kappa shape index (κ3) is 11.0. The minimum Gasteiger partial charge on any atom is -0.618 e. The first-order valence-corrected chi connectivity index (χ1v) is 20.0. The van der Waals surface area contributed by atoms with Gasteiger partial charge in [-0.15, -0.1) is 0 Å². The Labute approximate surface area is 389 Å². The summed E-state index contributed by atoms with van der Waals surface area (Å²) in [5, 5.41) is 16.0. The molecular weight excluding hydrogens is 998 g/mol. The fourth-order valence-corrected chi connectivity index (χ4v) is 7.90. The van der Waals surface area contributed by atoms with E-state index in [1.54, 1.807) is 0 Å². The van der Waals surface area contributed by atoms with Gasteiger partial charge in [0.25, 0.3) is 23.4 Å². The Morgan fingerprint density at radius 2 is 1.10 bits per heavy atom. The molecule has 0 unspecified atom stereocenters. The number of anilines is 2. The molecule has 71 heavy (non-hydrogen) atoms. The van der Waals surface area contributed by atoms with Crippen molar-refractivity contribution < 1.29 is 104 Å². The van der Waals surface area contributed by atoms with Gasteiger partial charge in [0.15, 0.2) is 40.5 Å². The molecule has 0 spiro atoms. The molecule has 6 rings (SSSR count). The number of carbonyl (C=O) groups excluding carboxylic acids is 4. The summed E-state index contributed by atoms with van der Waals surface area (Å²) in [7, 11) is 0. The van der Waals surface area contributed by atoms with E-state index in [9.17, 15) is 85.9 Å². The molecule has 2 aliphatic rings. The largest absolute Gasteiger partial charge is 0.618 e.